The van der Waals surface area contributed by atoms with Crippen molar-refractivity contribution in [1.29, 1.82) is 0 Å². The van der Waals surface area contributed by atoms with Gasteiger partial charge in [0, 0.05) is 0 Å². The molecule has 0 aromatic rings. The van der Waals surface area contributed by atoms with Gasteiger partial charge < -0.3 is 19.3 Å². The van der Waals surface area contributed by atoms with Gasteiger partial charge in [0.2, 0.25) is 0 Å². The molecule has 0 rings (SSSR count). The zero-order valence-electron chi connectivity index (χ0n) is 8.37. The number of hydrogen-bond donors (Lipinski definition) is 2. The molecule has 0 heterocycles. The summed E-state index contributed by atoms with van der Waals surface area (Å²) in [6.45, 7) is 5.06. The molecule has 2 N–H and O–H groups in total. The third-order valence-electron chi connectivity index (χ3n) is 1.25. The Morgan fingerprint density at radius 3 is 2.13 bits per heavy atom. The fraction of sp³-hybridized carbons (Fsp3) is 0.857. The van der Waals surface area contributed by atoms with Crippen molar-refractivity contribution >= 4 is 14.5 Å². The van der Waals surface area contributed by atoms with Crippen LogP contribution in [0.25, 0.3) is 0 Å². The molecular formula is C7H16NO6P. The van der Waals surface area contributed by atoms with Crippen molar-refractivity contribution in [2.75, 3.05) is 39.6 Å². The van der Waals surface area contributed by atoms with Crippen molar-refractivity contribution in [3.63, 3.8) is 0 Å². The highest BCUT2D eigenvalue weighted by atomic mass is 31.2. The van der Waals surface area contributed by atoms with E-state index in [-0.39, 0.29) is 13.2 Å². The van der Waals surface area contributed by atoms with Gasteiger partial charge in [0.15, 0.2) is 0 Å². The van der Waals surface area contributed by atoms with Gasteiger partial charge in [-0.3, -0.25) is 9.52 Å². The number of phosphoric acid groups is 1. The molecule has 0 aliphatic carbocycles. The Kier molecular flexibility index (Phi) is 8.79. The molecule has 0 saturated carbocycles. The Labute approximate surface area is 88.3 Å². The summed E-state index contributed by atoms with van der Waals surface area (Å²) in [5.41, 5.74) is 0. The van der Waals surface area contributed by atoms with Gasteiger partial charge in [0.1, 0.15) is 0 Å². The second-order valence-electron chi connectivity index (χ2n) is 2.50. The minimum Gasteiger partial charge on any atom is -0.377 e. The van der Waals surface area contributed by atoms with Gasteiger partial charge in [-0.1, -0.05) is 0 Å². The van der Waals surface area contributed by atoms with E-state index in [0.29, 0.717) is 26.4 Å². The number of rotatable bonds is 10. The summed E-state index contributed by atoms with van der Waals surface area (Å²) in [5, 5.41) is 0. The SMILES string of the molecule is C=NCCOCCOCCOP(=O)(O)O. The summed E-state index contributed by atoms with van der Waals surface area (Å²) < 4.78 is 24.4. The van der Waals surface area contributed by atoms with Crippen LogP contribution < -0.4 is 0 Å². The molecule has 0 unspecified atom stereocenters. The molecular weight excluding hydrogens is 225 g/mol. The van der Waals surface area contributed by atoms with E-state index >= 15 is 0 Å². The second-order valence-corrected chi connectivity index (χ2v) is 3.74. The van der Waals surface area contributed by atoms with Gasteiger partial charge in [-0.25, -0.2) is 4.57 Å². The summed E-state index contributed by atoms with van der Waals surface area (Å²) in [5.74, 6) is 0. The van der Waals surface area contributed by atoms with E-state index in [1.54, 1.807) is 0 Å². The van der Waals surface area contributed by atoms with E-state index in [4.69, 9.17) is 19.3 Å². The predicted molar refractivity (Wildman–Crippen MR) is 54.1 cm³/mol. The molecule has 0 spiro atoms. The van der Waals surface area contributed by atoms with Crippen LogP contribution in [0, 0.1) is 0 Å². The zero-order valence-corrected chi connectivity index (χ0v) is 9.27. The number of ether oxygens (including phenoxy) is 2. The third kappa shape index (κ3) is 13.7. The van der Waals surface area contributed by atoms with Gasteiger partial charge in [0.05, 0.1) is 39.6 Å². The van der Waals surface area contributed by atoms with Crippen LogP contribution in [0.15, 0.2) is 4.99 Å². The minimum atomic E-state index is -4.37. The number of aliphatic imine (C=N–C) groups is 1. The van der Waals surface area contributed by atoms with Crippen LogP contribution in [0.1, 0.15) is 0 Å². The lowest BCUT2D eigenvalue weighted by Crippen LogP contribution is -2.10. The molecule has 0 bridgehead atoms. The molecule has 0 aromatic carbocycles. The first-order valence-corrected chi connectivity index (χ1v) is 5.87. The largest absolute Gasteiger partial charge is 0.469 e. The van der Waals surface area contributed by atoms with Crippen LogP contribution in [0.4, 0.5) is 0 Å². The highest BCUT2D eigenvalue weighted by Crippen LogP contribution is 2.35. The minimum absolute atomic E-state index is 0.119. The fourth-order valence-corrected chi connectivity index (χ4v) is 0.979. The Bertz CT molecular complexity index is 206. The van der Waals surface area contributed by atoms with E-state index in [2.05, 4.69) is 16.2 Å². The van der Waals surface area contributed by atoms with Crippen molar-refractivity contribution < 1.29 is 28.3 Å². The molecule has 7 nitrogen and oxygen atoms in total. The Morgan fingerprint density at radius 1 is 1.07 bits per heavy atom. The molecule has 90 valence electrons. The molecule has 0 saturated heterocycles. The average molecular weight is 241 g/mol. The van der Waals surface area contributed by atoms with Gasteiger partial charge in [-0.15, -0.1) is 0 Å². The smallest absolute Gasteiger partial charge is 0.377 e. The first-order valence-electron chi connectivity index (χ1n) is 4.34. The van der Waals surface area contributed by atoms with E-state index in [0.717, 1.165) is 0 Å². The van der Waals surface area contributed by atoms with Crippen LogP contribution in [0.3, 0.4) is 0 Å². The fourth-order valence-electron chi connectivity index (χ4n) is 0.666. The van der Waals surface area contributed by atoms with Gasteiger partial charge in [0.25, 0.3) is 0 Å². The third-order valence-corrected chi connectivity index (χ3v) is 1.77. The number of phosphoric ester groups is 1. The quantitative estimate of drug-likeness (QED) is 0.313. The predicted octanol–water partition coefficient (Wildman–Crippen LogP) is -0.170. The molecule has 15 heavy (non-hydrogen) atoms. The maximum atomic E-state index is 10.2. The summed E-state index contributed by atoms with van der Waals surface area (Å²) in [7, 11) is -4.37. The van der Waals surface area contributed by atoms with Crippen LogP contribution in [-0.2, 0) is 18.6 Å². The van der Waals surface area contributed by atoms with E-state index in [1.807, 2.05) is 0 Å². The van der Waals surface area contributed by atoms with E-state index in [9.17, 15) is 4.57 Å². The van der Waals surface area contributed by atoms with Crippen LogP contribution in [-0.4, -0.2) is 56.1 Å². The van der Waals surface area contributed by atoms with Gasteiger partial charge >= 0.3 is 7.82 Å². The normalized spacial score (nSPS) is 11.6. The van der Waals surface area contributed by atoms with Crippen molar-refractivity contribution in [3.8, 4) is 0 Å². The first-order chi connectivity index (χ1) is 7.06. The molecule has 0 atom stereocenters. The van der Waals surface area contributed by atoms with Gasteiger partial charge in [-0.05, 0) is 6.72 Å². The Hall–Kier alpha value is -0.300. The molecule has 0 aliphatic heterocycles. The summed E-state index contributed by atoms with van der Waals surface area (Å²) in [6, 6.07) is 0. The number of hydrogen-bond acceptors (Lipinski definition) is 5. The average Bonchev–Trinajstić information content (AvgIpc) is 2.14. The summed E-state index contributed by atoms with van der Waals surface area (Å²) in [6.07, 6.45) is 0. The molecule has 0 fully saturated rings. The molecule has 0 aromatic heterocycles. The summed E-state index contributed by atoms with van der Waals surface area (Å²) >= 11 is 0. The van der Waals surface area contributed by atoms with Crippen LogP contribution >= 0.6 is 7.82 Å². The zero-order chi connectivity index (χ0) is 11.6. The van der Waals surface area contributed by atoms with Crippen molar-refractivity contribution in [2.45, 2.75) is 0 Å². The maximum absolute atomic E-state index is 10.2. The lowest BCUT2D eigenvalue weighted by atomic mass is 10.7. The van der Waals surface area contributed by atoms with Crippen molar-refractivity contribution in [2.24, 2.45) is 4.99 Å². The molecule has 0 radical (unpaired) electrons. The lowest BCUT2D eigenvalue weighted by Gasteiger charge is -2.06. The van der Waals surface area contributed by atoms with Crippen molar-refractivity contribution in [3.05, 3.63) is 0 Å². The molecule has 0 amide bonds. The maximum Gasteiger partial charge on any atom is 0.469 e. The highest BCUT2D eigenvalue weighted by molar-refractivity contribution is 7.46. The topological polar surface area (TPSA) is 97.6 Å². The Morgan fingerprint density at radius 2 is 1.60 bits per heavy atom. The monoisotopic (exact) mass is 241 g/mol. The van der Waals surface area contributed by atoms with Crippen molar-refractivity contribution in [1.82, 2.24) is 0 Å². The Balaban J connectivity index is 3.05. The van der Waals surface area contributed by atoms with E-state index in [1.165, 1.54) is 0 Å². The highest BCUT2D eigenvalue weighted by Gasteiger charge is 2.12. The molecule has 8 heteroatoms. The first kappa shape index (κ1) is 14.7. The number of nitrogens with zero attached hydrogens (tertiary/aromatic N) is 1. The van der Waals surface area contributed by atoms with Crippen LogP contribution in [0.2, 0.25) is 0 Å². The lowest BCUT2D eigenvalue weighted by molar-refractivity contribution is 0.0345. The second kappa shape index (κ2) is 8.96. The van der Waals surface area contributed by atoms with Crippen LogP contribution in [0.5, 0.6) is 0 Å². The standard InChI is InChI=1S/C7H16NO6P/c1-8-2-3-12-4-5-13-6-7-14-15(9,10)11/h1-7H2,(H2,9,10,11). The molecule has 0 aliphatic rings. The summed E-state index contributed by atoms with van der Waals surface area (Å²) in [4.78, 5) is 20.2. The van der Waals surface area contributed by atoms with Gasteiger partial charge in [-0.2, -0.15) is 0 Å². The van der Waals surface area contributed by atoms with E-state index < -0.39 is 7.82 Å².